The molecule has 2 aliphatic heterocycles. The van der Waals surface area contributed by atoms with Crippen molar-refractivity contribution in [3.05, 3.63) is 60.2 Å². The van der Waals surface area contributed by atoms with Crippen LogP contribution in [0.2, 0.25) is 5.82 Å². The summed E-state index contributed by atoms with van der Waals surface area (Å²) in [5.41, 5.74) is 0.964. The van der Waals surface area contributed by atoms with Crippen molar-refractivity contribution in [2.45, 2.75) is 57.1 Å². The standard InChI is InChI=1S/C27H33BN4O6S/c1-17(2)11-19(28-37-26(35)22-15-39-16-23(32(22)3)27(36)38-28)13-24(33)20(12-18-7-5-4-6-8-18)31-25(34)21-14-29-9-10-30-21/h4-10,14,17,19-20,22-23H,11-13,15-16H2,1-3H3,(H,31,34)/t19-,20+,22-,23+/m1/s1. The molecule has 10 nitrogen and oxygen atoms in total. The van der Waals surface area contributed by atoms with E-state index in [1.165, 1.54) is 30.4 Å². The lowest BCUT2D eigenvalue weighted by molar-refractivity contribution is -0.153. The third-order valence-corrected chi connectivity index (χ3v) is 8.04. The number of benzene rings is 1. The first-order chi connectivity index (χ1) is 18.7. The molecule has 1 N–H and O–H groups in total. The number of nitrogens with zero attached hydrogens (tertiary/aromatic N) is 3. The highest BCUT2D eigenvalue weighted by Gasteiger charge is 2.48. The highest BCUT2D eigenvalue weighted by atomic mass is 32.2. The number of likely N-dealkylation sites (N-methyl/N-ethyl adjacent to an activating group) is 1. The fourth-order valence-electron chi connectivity index (χ4n) is 4.86. The average molecular weight is 552 g/mol. The van der Waals surface area contributed by atoms with E-state index in [0.29, 0.717) is 17.9 Å². The predicted octanol–water partition coefficient (Wildman–Crippen LogP) is 2.20. The van der Waals surface area contributed by atoms with Crippen LogP contribution in [0, 0.1) is 5.92 Å². The molecule has 0 saturated carbocycles. The number of carbonyl (C=O) groups excluding carboxylic acids is 4. The maximum Gasteiger partial charge on any atom is 0.602 e. The monoisotopic (exact) mass is 552 g/mol. The van der Waals surface area contributed by atoms with Gasteiger partial charge < -0.3 is 14.6 Å². The van der Waals surface area contributed by atoms with E-state index < -0.39 is 48.9 Å². The van der Waals surface area contributed by atoms with E-state index >= 15 is 0 Å². The molecule has 1 aromatic carbocycles. The summed E-state index contributed by atoms with van der Waals surface area (Å²) in [5.74, 6) is -1.12. The van der Waals surface area contributed by atoms with Crippen molar-refractivity contribution >= 4 is 42.5 Å². The molecule has 0 radical (unpaired) electrons. The summed E-state index contributed by atoms with van der Waals surface area (Å²) in [6, 6.07) is 7.37. The van der Waals surface area contributed by atoms with Crippen LogP contribution in [0.1, 0.15) is 42.7 Å². The minimum Gasteiger partial charge on any atom is -0.498 e. The van der Waals surface area contributed by atoms with Crippen LogP contribution in [0.4, 0.5) is 0 Å². The van der Waals surface area contributed by atoms with Crippen LogP contribution >= 0.6 is 11.8 Å². The molecule has 1 aromatic heterocycles. The number of hydrogen-bond acceptors (Lipinski definition) is 10. The molecule has 2 bridgehead atoms. The Morgan fingerprint density at radius 3 is 2.36 bits per heavy atom. The van der Waals surface area contributed by atoms with Crippen molar-refractivity contribution in [3.63, 3.8) is 0 Å². The number of Topliss-reactive ketones (excluding diaryl/α,β-unsaturated/α-hetero) is 1. The first-order valence-corrected chi connectivity index (χ1v) is 14.2. The van der Waals surface area contributed by atoms with Crippen LogP contribution in [-0.2, 0) is 30.1 Å². The van der Waals surface area contributed by atoms with E-state index in [9.17, 15) is 19.2 Å². The van der Waals surface area contributed by atoms with Crippen molar-refractivity contribution in [2.75, 3.05) is 18.6 Å². The van der Waals surface area contributed by atoms with Gasteiger partial charge in [0.05, 0.1) is 12.2 Å². The molecule has 12 heteroatoms. The Bertz CT molecular complexity index is 1150. The van der Waals surface area contributed by atoms with Crippen molar-refractivity contribution < 1.29 is 28.5 Å². The van der Waals surface area contributed by atoms with Gasteiger partial charge in [-0.1, -0.05) is 44.2 Å². The van der Waals surface area contributed by atoms with Gasteiger partial charge in [0.25, 0.3) is 5.91 Å². The van der Waals surface area contributed by atoms with Crippen molar-refractivity contribution in [1.29, 1.82) is 0 Å². The molecule has 206 valence electrons. The van der Waals surface area contributed by atoms with Crippen molar-refractivity contribution in [3.8, 4) is 0 Å². The molecular formula is C27H33BN4O6S. The minimum atomic E-state index is -1.19. The molecule has 2 aromatic rings. The van der Waals surface area contributed by atoms with Crippen LogP contribution < -0.4 is 5.32 Å². The predicted molar refractivity (Wildman–Crippen MR) is 147 cm³/mol. The van der Waals surface area contributed by atoms with Gasteiger partial charge in [0.1, 0.15) is 17.8 Å². The van der Waals surface area contributed by atoms with E-state index in [0.717, 1.165) is 5.56 Å². The lowest BCUT2D eigenvalue weighted by Crippen LogP contribution is -2.59. The quantitative estimate of drug-likeness (QED) is 0.438. The van der Waals surface area contributed by atoms with Gasteiger partial charge in [0.2, 0.25) is 0 Å². The molecule has 4 rings (SSSR count). The van der Waals surface area contributed by atoms with Gasteiger partial charge in [0.15, 0.2) is 5.78 Å². The van der Waals surface area contributed by atoms with Gasteiger partial charge in [-0.15, -0.1) is 0 Å². The van der Waals surface area contributed by atoms with Gasteiger partial charge in [-0.2, -0.15) is 11.8 Å². The summed E-state index contributed by atoms with van der Waals surface area (Å²) in [6.07, 6.45) is 4.89. The molecule has 0 unspecified atom stereocenters. The maximum absolute atomic E-state index is 13.8. The molecule has 1 amide bonds. The Morgan fingerprint density at radius 2 is 1.77 bits per heavy atom. The molecule has 3 heterocycles. The van der Waals surface area contributed by atoms with Crippen molar-refractivity contribution in [1.82, 2.24) is 20.2 Å². The average Bonchev–Trinajstić information content (AvgIpc) is 2.92. The van der Waals surface area contributed by atoms with Crippen LogP contribution in [0.5, 0.6) is 0 Å². The van der Waals surface area contributed by atoms with Crippen molar-refractivity contribution in [2.24, 2.45) is 5.92 Å². The van der Waals surface area contributed by atoms with Gasteiger partial charge >= 0.3 is 19.1 Å². The van der Waals surface area contributed by atoms with E-state index in [-0.39, 0.29) is 30.2 Å². The number of hydrogen-bond donors (Lipinski definition) is 1. The van der Waals surface area contributed by atoms with Crippen LogP contribution in [0.3, 0.4) is 0 Å². The van der Waals surface area contributed by atoms with E-state index in [2.05, 4.69) is 15.3 Å². The number of nitrogens with one attached hydrogen (secondary N) is 1. The second kappa shape index (κ2) is 13.2. The number of fused-ring (bicyclic) bond motifs is 2. The zero-order valence-electron chi connectivity index (χ0n) is 22.3. The summed E-state index contributed by atoms with van der Waals surface area (Å²) in [7, 11) is 0.535. The fourth-order valence-corrected chi connectivity index (χ4v) is 6.18. The topological polar surface area (TPSA) is 128 Å². The first-order valence-electron chi connectivity index (χ1n) is 13.1. The van der Waals surface area contributed by atoms with Gasteiger partial charge in [0, 0.05) is 36.1 Å². The van der Waals surface area contributed by atoms with Gasteiger partial charge in [-0.25, -0.2) is 4.98 Å². The molecular weight excluding hydrogens is 519 g/mol. The fraction of sp³-hybridized carbons (Fsp3) is 0.481. The Balaban J connectivity index is 1.56. The van der Waals surface area contributed by atoms with E-state index in [4.69, 9.17) is 9.31 Å². The van der Waals surface area contributed by atoms with E-state index in [1.807, 2.05) is 44.2 Å². The SMILES string of the molecule is CC(C)C[C@H](CC(=O)[C@H](Cc1ccccc1)NC(=O)c1cnccn1)B1OC(=O)[C@H]2CSC[C@@H](C(=O)O1)N2C. The lowest BCUT2D eigenvalue weighted by atomic mass is 9.64. The Labute approximate surface area is 232 Å². The zero-order chi connectivity index (χ0) is 27.9. The number of amides is 1. The minimum absolute atomic E-state index is 0.0540. The summed E-state index contributed by atoms with van der Waals surface area (Å²) in [6.45, 7) is 3.97. The Morgan fingerprint density at radius 1 is 1.10 bits per heavy atom. The summed E-state index contributed by atoms with van der Waals surface area (Å²) < 4.78 is 11.5. The molecule has 39 heavy (non-hydrogen) atoms. The summed E-state index contributed by atoms with van der Waals surface area (Å²) in [4.78, 5) is 62.4. The Kier molecular flexibility index (Phi) is 9.74. The normalized spacial score (nSPS) is 21.3. The number of rotatable bonds is 10. The lowest BCUT2D eigenvalue weighted by Gasteiger charge is -2.40. The maximum atomic E-state index is 13.8. The molecule has 2 fully saturated rings. The molecule has 0 spiro atoms. The largest absolute Gasteiger partial charge is 0.602 e. The first kappa shape index (κ1) is 28.8. The second-order valence-corrected chi connectivity index (χ2v) is 11.4. The number of aromatic nitrogens is 2. The van der Waals surface area contributed by atoms with Crippen LogP contribution in [0.15, 0.2) is 48.9 Å². The van der Waals surface area contributed by atoms with Gasteiger partial charge in [-0.05, 0) is 31.4 Å². The number of carbonyl (C=O) groups is 4. The molecule has 2 aliphatic rings. The smallest absolute Gasteiger partial charge is 0.498 e. The van der Waals surface area contributed by atoms with E-state index in [1.54, 1.807) is 11.9 Å². The van der Waals surface area contributed by atoms with Crippen LogP contribution in [-0.4, -0.2) is 82.3 Å². The Hall–Kier alpha value is -3.25. The third-order valence-electron chi connectivity index (χ3n) is 6.94. The van der Waals surface area contributed by atoms with Crippen LogP contribution in [0.25, 0.3) is 0 Å². The van der Waals surface area contributed by atoms with Gasteiger partial charge in [-0.3, -0.25) is 29.1 Å². The highest BCUT2D eigenvalue weighted by Crippen LogP contribution is 2.32. The zero-order valence-corrected chi connectivity index (χ0v) is 23.1. The molecule has 2 saturated heterocycles. The highest BCUT2D eigenvalue weighted by molar-refractivity contribution is 7.99. The third kappa shape index (κ3) is 7.45. The molecule has 0 aliphatic carbocycles. The second-order valence-electron chi connectivity index (χ2n) is 10.3. The summed E-state index contributed by atoms with van der Waals surface area (Å²) >= 11 is 1.51. The number of ketones is 1. The number of thioether (sulfide) groups is 1. The summed E-state index contributed by atoms with van der Waals surface area (Å²) in [5, 5.41) is 2.81. The molecule has 4 atom stereocenters.